The Hall–Kier alpha value is -1.13. The first-order valence-electron chi connectivity index (χ1n) is 6.92. The molecule has 20 heavy (non-hydrogen) atoms. The number of aryl methyl sites for hydroxylation is 1. The molecule has 0 spiro atoms. The van der Waals surface area contributed by atoms with E-state index < -0.39 is 0 Å². The molecular weight excluding hydrogens is 279 g/mol. The van der Waals surface area contributed by atoms with Gasteiger partial charge in [0, 0.05) is 12.1 Å². The zero-order chi connectivity index (χ0) is 13.7. The molecule has 0 aromatic heterocycles. The maximum atomic E-state index is 13.1. The predicted molar refractivity (Wildman–Crippen MR) is 81.8 cm³/mol. The van der Waals surface area contributed by atoms with E-state index in [2.05, 4.69) is 10.6 Å². The summed E-state index contributed by atoms with van der Waals surface area (Å²) in [5, 5.41) is 6.15. The van der Waals surface area contributed by atoms with E-state index >= 15 is 0 Å². The molecule has 1 amide bonds. The SMILES string of the molecule is Cc1cc(NC(=O)CCC2CCNCC2)ccc1F.Cl. The summed E-state index contributed by atoms with van der Waals surface area (Å²) in [5.41, 5.74) is 1.23. The summed E-state index contributed by atoms with van der Waals surface area (Å²) in [5.74, 6) is 0.430. The molecule has 1 aliphatic rings. The van der Waals surface area contributed by atoms with Crippen molar-refractivity contribution in [1.82, 2.24) is 5.32 Å². The molecule has 112 valence electrons. The van der Waals surface area contributed by atoms with Gasteiger partial charge in [0.25, 0.3) is 0 Å². The molecule has 5 heteroatoms. The molecule has 1 saturated heterocycles. The van der Waals surface area contributed by atoms with Gasteiger partial charge >= 0.3 is 0 Å². The fourth-order valence-electron chi connectivity index (χ4n) is 2.45. The van der Waals surface area contributed by atoms with Crippen LogP contribution >= 0.6 is 12.4 Å². The van der Waals surface area contributed by atoms with Crippen LogP contribution in [-0.4, -0.2) is 19.0 Å². The molecule has 0 unspecified atom stereocenters. The summed E-state index contributed by atoms with van der Waals surface area (Å²) in [4.78, 5) is 11.8. The van der Waals surface area contributed by atoms with Crippen molar-refractivity contribution in [3.8, 4) is 0 Å². The summed E-state index contributed by atoms with van der Waals surface area (Å²) in [7, 11) is 0. The molecule has 3 nitrogen and oxygen atoms in total. The normalized spacial score (nSPS) is 15.5. The number of nitrogens with one attached hydrogen (secondary N) is 2. The van der Waals surface area contributed by atoms with Gasteiger partial charge < -0.3 is 10.6 Å². The van der Waals surface area contributed by atoms with Gasteiger partial charge in [0.15, 0.2) is 0 Å². The number of amides is 1. The van der Waals surface area contributed by atoms with Gasteiger partial charge in [0.05, 0.1) is 0 Å². The average molecular weight is 301 g/mol. The van der Waals surface area contributed by atoms with Crippen LogP contribution in [0.1, 0.15) is 31.2 Å². The molecule has 1 aromatic carbocycles. The zero-order valence-corrected chi connectivity index (χ0v) is 12.6. The van der Waals surface area contributed by atoms with E-state index in [1.807, 2.05) is 0 Å². The fourth-order valence-corrected chi connectivity index (χ4v) is 2.45. The zero-order valence-electron chi connectivity index (χ0n) is 11.7. The third-order valence-electron chi connectivity index (χ3n) is 3.68. The van der Waals surface area contributed by atoms with Gasteiger partial charge in [-0.25, -0.2) is 4.39 Å². The molecule has 2 rings (SSSR count). The summed E-state index contributed by atoms with van der Waals surface area (Å²) in [6.07, 6.45) is 3.79. The predicted octanol–water partition coefficient (Wildman–Crippen LogP) is 3.27. The molecule has 2 N–H and O–H groups in total. The second-order valence-corrected chi connectivity index (χ2v) is 5.24. The lowest BCUT2D eigenvalue weighted by atomic mass is 9.93. The van der Waals surface area contributed by atoms with E-state index in [0.717, 1.165) is 32.4 Å². The Kier molecular flexibility index (Phi) is 6.96. The highest BCUT2D eigenvalue weighted by Crippen LogP contribution is 2.19. The van der Waals surface area contributed by atoms with Crippen molar-refractivity contribution in [2.45, 2.75) is 32.6 Å². The van der Waals surface area contributed by atoms with Gasteiger partial charge in [0.1, 0.15) is 5.82 Å². The number of carbonyl (C=O) groups is 1. The number of hydrogen-bond acceptors (Lipinski definition) is 2. The van der Waals surface area contributed by atoms with Crippen LogP contribution in [0.3, 0.4) is 0 Å². The van der Waals surface area contributed by atoms with Gasteiger partial charge in [-0.2, -0.15) is 0 Å². The number of anilines is 1. The number of carbonyl (C=O) groups excluding carboxylic acids is 1. The first-order valence-corrected chi connectivity index (χ1v) is 6.92. The lowest BCUT2D eigenvalue weighted by Crippen LogP contribution is -2.28. The molecule has 1 aliphatic heterocycles. The third kappa shape index (κ3) is 5.10. The highest BCUT2D eigenvalue weighted by Gasteiger charge is 2.14. The minimum Gasteiger partial charge on any atom is -0.326 e. The molecule has 0 atom stereocenters. The monoisotopic (exact) mass is 300 g/mol. The lowest BCUT2D eigenvalue weighted by Gasteiger charge is -2.22. The van der Waals surface area contributed by atoms with Crippen molar-refractivity contribution in [2.75, 3.05) is 18.4 Å². The number of benzene rings is 1. The van der Waals surface area contributed by atoms with Crippen molar-refractivity contribution >= 4 is 24.0 Å². The Balaban J connectivity index is 0.00000200. The van der Waals surface area contributed by atoms with E-state index in [1.54, 1.807) is 19.1 Å². The van der Waals surface area contributed by atoms with Crippen LogP contribution in [0.5, 0.6) is 0 Å². The summed E-state index contributed by atoms with van der Waals surface area (Å²) in [6.45, 7) is 3.81. The first kappa shape index (κ1) is 16.9. The van der Waals surface area contributed by atoms with E-state index in [-0.39, 0.29) is 24.1 Å². The minimum atomic E-state index is -0.243. The van der Waals surface area contributed by atoms with Gasteiger partial charge in [-0.3, -0.25) is 4.79 Å². The van der Waals surface area contributed by atoms with Gasteiger partial charge in [-0.05, 0) is 69.0 Å². The maximum absolute atomic E-state index is 13.1. The van der Waals surface area contributed by atoms with E-state index in [9.17, 15) is 9.18 Å². The summed E-state index contributed by atoms with van der Waals surface area (Å²) >= 11 is 0. The molecule has 1 aromatic rings. The quantitative estimate of drug-likeness (QED) is 0.896. The standard InChI is InChI=1S/C15H21FN2O.ClH/c1-11-10-13(3-4-14(11)16)18-15(19)5-2-12-6-8-17-9-7-12;/h3-4,10,12,17H,2,5-9H2,1H3,(H,18,19);1H. The number of piperidine rings is 1. The molecule has 0 bridgehead atoms. The summed E-state index contributed by atoms with van der Waals surface area (Å²) < 4.78 is 13.1. The number of rotatable bonds is 4. The van der Waals surface area contributed by atoms with Crippen molar-refractivity contribution in [2.24, 2.45) is 5.92 Å². The van der Waals surface area contributed by atoms with Crippen LogP contribution < -0.4 is 10.6 Å². The van der Waals surface area contributed by atoms with Crippen LogP contribution in [-0.2, 0) is 4.79 Å². The molecule has 0 aliphatic carbocycles. The highest BCUT2D eigenvalue weighted by atomic mass is 35.5. The number of hydrogen-bond donors (Lipinski definition) is 2. The Bertz CT molecular complexity index is 447. The topological polar surface area (TPSA) is 41.1 Å². The van der Waals surface area contributed by atoms with Gasteiger partial charge in [0.2, 0.25) is 5.91 Å². The Morgan fingerprint density at radius 1 is 1.40 bits per heavy atom. The van der Waals surface area contributed by atoms with Crippen molar-refractivity contribution in [3.63, 3.8) is 0 Å². The van der Waals surface area contributed by atoms with Crippen LogP contribution in [0.4, 0.5) is 10.1 Å². The van der Waals surface area contributed by atoms with Crippen molar-refractivity contribution in [3.05, 3.63) is 29.6 Å². The fraction of sp³-hybridized carbons (Fsp3) is 0.533. The molecule has 0 radical (unpaired) electrons. The molecule has 0 saturated carbocycles. The smallest absolute Gasteiger partial charge is 0.224 e. The van der Waals surface area contributed by atoms with E-state index in [4.69, 9.17) is 0 Å². The second-order valence-electron chi connectivity index (χ2n) is 5.24. The largest absolute Gasteiger partial charge is 0.326 e. The molecule has 1 fully saturated rings. The van der Waals surface area contributed by atoms with Crippen LogP contribution in [0, 0.1) is 18.7 Å². The molecule has 1 heterocycles. The average Bonchev–Trinajstić information content (AvgIpc) is 2.42. The molecular formula is C15H22ClFN2O. The van der Waals surface area contributed by atoms with Crippen molar-refractivity contribution in [1.29, 1.82) is 0 Å². The highest BCUT2D eigenvalue weighted by molar-refractivity contribution is 5.90. The van der Waals surface area contributed by atoms with Gasteiger partial charge in [-0.1, -0.05) is 0 Å². The second kappa shape index (κ2) is 8.22. The summed E-state index contributed by atoms with van der Waals surface area (Å²) in [6, 6.07) is 4.65. The van der Waals surface area contributed by atoms with Gasteiger partial charge in [-0.15, -0.1) is 12.4 Å². The van der Waals surface area contributed by atoms with Crippen LogP contribution in [0.2, 0.25) is 0 Å². The number of halogens is 2. The Morgan fingerprint density at radius 2 is 2.10 bits per heavy atom. The van der Waals surface area contributed by atoms with Crippen molar-refractivity contribution < 1.29 is 9.18 Å². The third-order valence-corrected chi connectivity index (χ3v) is 3.68. The van der Waals surface area contributed by atoms with Crippen LogP contribution in [0.25, 0.3) is 0 Å². The minimum absolute atomic E-state index is 0. The lowest BCUT2D eigenvalue weighted by molar-refractivity contribution is -0.116. The van der Waals surface area contributed by atoms with E-state index in [0.29, 0.717) is 23.6 Å². The Morgan fingerprint density at radius 3 is 2.75 bits per heavy atom. The Labute approximate surface area is 125 Å². The van der Waals surface area contributed by atoms with Crippen LogP contribution in [0.15, 0.2) is 18.2 Å². The first-order chi connectivity index (χ1) is 9.15. The maximum Gasteiger partial charge on any atom is 0.224 e. The van der Waals surface area contributed by atoms with E-state index in [1.165, 1.54) is 6.07 Å².